The lowest BCUT2D eigenvalue weighted by Gasteiger charge is -2.00. The number of carbonyl (C=O) groups is 1. The molecule has 1 aromatic rings. The van der Waals surface area contributed by atoms with Gasteiger partial charge < -0.3 is 15.1 Å². The molecule has 0 aliphatic carbocycles. The van der Waals surface area contributed by atoms with Crippen molar-refractivity contribution in [2.24, 2.45) is 0 Å². The van der Waals surface area contributed by atoms with Gasteiger partial charge in [-0.1, -0.05) is 5.10 Å². The molecule has 0 atom stereocenters. The highest BCUT2D eigenvalue weighted by Crippen LogP contribution is 2.06. The highest BCUT2D eigenvalue weighted by molar-refractivity contribution is 6.16. The second kappa shape index (κ2) is 5.43. The number of amides is 1. The number of likely N-dealkylation sites (N-methyl/N-ethyl adjacent to an activating group) is 1. The maximum Gasteiger partial charge on any atom is 0.315 e. The van der Waals surface area contributed by atoms with Crippen LogP contribution in [0.4, 0.5) is 6.01 Å². The van der Waals surface area contributed by atoms with Gasteiger partial charge in [-0.15, -0.1) is 16.7 Å². The van der Waals surface area contributed by atoms with Crippen LogP contribution in [0.2, 0.25) is 0 Å². The van der Waals surface area contributed by atoms with Crippen molar-refractivity contribution >= 4 is 23.5 Å². The summed E-state index contributed by atoms with van der Waals surface area (Å²) in [5.41, 5.74) is 0. The molecule has 0 fully saturated rings. The summed E-state index contributed by atoms with van der Waals surface area (Å²) in [6.07, 6.45) is 0. The Labute approximate surface area is 86.0 Å². The van der Waals surface area contributed by atoms with E-state index in [1.165, 1.54) is 0 Å². The second-order valence-electron chi connectivity index (χ2n) is 2.44. The van der Waals surface area contributed by atoms with Crippen LogP contribution in [0, 0.1) is 0 Å². The summed E-state index contributed by atoms with van der Waals surface area (Å²) in [4.78, 5) is 11.0. The summed E-state index contributed by atoms with van der Waals surface area (Å²) in [7, 11) is 0. The molecule has 0 radical (unpaired) electrons. The van der Waals surface area contributed by atoms with Crippen molar-refractivity contribution in [1.82, 2.24) is 15.5 Å². The van der Waals surface area contributed by atoms with E-state index in [0.717, 1.165) is 0 Å². The van der Waals surface area contributed by atoms with Gasteiger partial charge in [-0.05, 0) is 6.92 Å². The standard InChI is InChI=1S/C7H11ClN4O2/c1-2-9-5(13)4-10-7-12-11-6(3-8)14-7/h2-4H2,1H3,(H,9,13)(H,10,12). The van der Waals surface area contributed by atoms with E-state index >= 15 is 0 Å². The maximum atomic E-state index is 11.0. The number of nitrogens with one attached hydrogen (secondary N) is 2. The fraction of sp³-hybridized carbons (Fsp3) is 0.571. The predicted octanol–water partition coefficient (Wildman–Crippen LogP) is 0.356. The summed E-state index contributed by atoms with van der Waals surface area (Å²) in [6.45, 7) is 2.55. The minimum Gasteiger partial charge on any atom is -0.407 e. The zero-order valence-corrected chi connectivity index (χ0v) is 8.47. The van der Waals surface area contributed by atoms with Crippen molar-refractivity contribution in [2.45, 2.75) is 12.8 Å². The summed E-state index contributed by atoms with van der Waals surface area (Å²) in [6, 6.07) is 0.201. The third-order valence-corrected chi connectivity index (χ3v) is 1.58. The molecule has 0 unspecified atom stereocenters. The number of carbonyl (C=O) groups excluding carboxylic acids is 1. The molecule has 0 aromatic carbocycles. The van der Waals surface area contributed by atoms with Crippen molar-refractivity contribution in [1.29, 1.82) is 0 Å². The summed E-state index contributed by atoms with van der Waals surface area (Å²) < 4.78 is 5.02. The molecule has 6 nitrogen and oxygen atoms in total. The number of hydrogen-bond acceptors (Lipinski definition) is 5. The van der Waals surface area contributed by atoms with E-state index < -0.39 is 0 Å². The van der Waals surface area contributed by atoms with Crippen LogP contribution >= 0.6 is 11.6 Å². The molecular weight excluding hydrogens is 208 g/mol. The van der Waals surface area contributed by atoms with Crippen LogP contribution in [0.5, 0.6) is 0 Å². The van der Waals surface area contributed by atoms with E-state index in [1.54, 1.807) is 0 Å². The largest absolute Gasteiger partial charge is 0.407 e. The number of aromatic nitrogens is 2. The molecule has 0 bridgehead atoms. The number of anilines is 1. The zero-order chi connectivity index (χ0) is 10.4. The molecule has 0 saturated heterocycles. The van der Waals surface area contributed by atoms with Gasteiger partial charge in [0.05, 0.1) is 6.54 Å². The van der Waals surface area contributed by atoms with Gasteiger partial charge in [0.25, 0.3) is 0 Å². The normalized spacial score (nSPS) is 9.86. The smallest absolute Gasteiger partial charge is 0.315 e. The molecule has 2 N–H and O–H groups in total. The quantitative estimate of drug-likeness (QED) is 0.698. The van der Waals surface area contributed by atoms with Crippen molar-refractivity contribution in [2.75, 3.05) is 18.4 Å². The van der Waals surface area contributed by atoms with Gasteiger partial charge in [0.2, 0.25) is 11.8 Å². The zero-order valence-electron chi connectivity index (χ0n) is 7.71. The third-order valence-electron chi connectivity index (χ3n) is 1.36. The van der Waals surface area contributed by atoms with Crippen molar-refractivity contribution in [3.63, 3.8) is 0 Å². The summed E-state index contributed by atoms with van der Waals surface area (Å²) in [5.74, 6) is 0.360. The minimum atomic E-state index is -0.127. The first kappa shape index (κ1) is 10.8. The Hall–Kier alpha value is -1.30. The Kier molecular flexibility index (Phi) is 4.18. The Balaban J connectivity index is 2.34. The molecule has 78 valence electrons. The lowest BCUT2D eigenvalue weighted by molar-refractivity contribution is -0.119. The summed E-state index contributed by atoms with van der Waals surface area (Å²) >= 11 is 5.45. The highest BCUT2D eigenvalue weighted by Gasteiger charge is 2.05. The van der Waals surface area contributed by atoms with E-state index in [0.29, 0.717) is 12.4 Å². The molecule has 7 heteroatoms. The van der Waals surface area contributed by atoms with Crippen LogP contribution in [0.1, 0.15) is 12.8 Å². The van der Waals surface area contributed by atoms with Crippen LogP contribution in [-0.4, -0.2) is 29.2 Å². The van der Waals surface area contributed by atoms with E-state index in [-0.39, 0.29) is 24.3 Å². The van der Waals surface area contributed by atoms with Crippen LogP contribution in [0.3, 0.4) is 0 Å². The topological polar surface area (TPSA) is 80.0 Å². The average Bonchev–Trinajstić information content (AvgIpc) is 2.63. The molecule has 0 saturated carbocycles. The maximum absolute atomic E-state index is 11.0. The van der Waals surface area contributed by atoms with Gasteiger partial charge >= 0.3 is 6.01 Å². The number of nitrogens with zero attached hydrogens (tertiary/aromatic N) is 2. The Morgan fingerprint density at radius 1 is 1.57 bits per heavy atom. The molecule has 1 rings (SSSR count). The second-order valence-corrected chi connectivity index (χ2v) is 2.71. The minimum absolute atomic E-state index is 0.109. The van der Waals surface area contributed by atoms with Crippen molar-refractivity contribution in [3.8, 4) is 0 Å². The first-order valence-corrected chi connectivity index (χ1v) is 4.68. The molecule has 1 aromatic heterocycles. The molecule has 14 heavy (non-hydrogen) atoms. The van der Waals surface area contributed by atoms with Gasteiger partial charge in [0.1, 0.15) is 5.88 Å². The third kappa shape index (κ3) is 3.21. The molecule has 0 aliphatic rings. The van der Waals surface area contributed by atoms with E-state index in [4.69, 9.17) is 16.0 Å². The lowest BCUT2D eigenvalue weighted by Crippen LogP contribution is -2.29. The van der Waals surface area contributed by atoms with E-state index in [2.05, 4.69) is 20.8 Å². The van der Waals surface area contributed by atoms with Gasteiger partial charge in [0.15, 0.2) is 0 Å². The fourth-order valence-corrected chi connectivity index (χ4v) is 0.903. The predicted molar refractivity (Wildman–Crippen MR) is 51.0 cm³/mol. The molecule has 1 heterocycles. The highest BCUT2D eigenvalue weighted by atomic mass is 35.5. The number of alkyl halides is 1. The van der Waals surface area contributed by atoms with Crippen LogP contribution in [-0.2, 0) is 10.7 Å². The average molecular weight is 219 g/mol. The lowest BCUT2D eigenvalue weighted by atomic mass is 10.5. The Morgan fingerprint density at radius 3 is 2.93 bits per heavy atom. The number of rotatable bonds is 5. The molecule has 0 spiro atoms. The van der Waals surface area contributed by atoms with Crippen molar-refractivity contribution in [3.05, 3.63) is 5.89 Å². The molecular formula is C7H11ClN4O2. The van der Waals surface area contributed by atoms with Gasteiger partial charge in [0, 0.05) is 6.54 Å². The van der Waals surface area contributed by atoms with E-state index in [9.17, 15) is 4.79 Å². The molecule has 1 amide bonds. The molecule has 0 aliphatic heterocycles. The van der Waals surface area contributed by atoms with Crippen molar-refractivity contribution < 1.29 is 9.21 Å². The van der Waals surface area contributed by atoms with E-state index in [1.807, 2.05) is 6.92 Å². The number of hydrogen-bond donors (Lipinski definition) is 2. The van der Waals surface area contributed by atoms with Gasteiger partial charge in [-0.25, -0.2) is 0 Å². The van der Waals surface area contributed by atoms with Gasteiger partial charge in [-0.3, -0.25) is 4.79 Å². The SMILES string of the molecule is CCNC(=O)CNc1nnc(CCl)o1. The van der Waals surface area contributed by atoms with Crippen LogP contribution < -0.4 is 10.6 Å². The summed E-state index contributed by atoms with van der Waals surface area (Å²) in [5, 5.41) is 12.5. The van der Waals surface area contributed by atoms with Crippen LogP contribution in [0.25, 0.3) is 0 Å². The Morgan fingerprint density at radius 2 is 2.36 bits per heavy atom. The fourth-order valence-electron chi connectivity index (χ4n) is 0.795. The van der Waals surface area contributed by atoms with Crippen LogP contribution in [0.15, 0.2) is 4.42 Å². The number of halogens is 1. The first-order chi connectivity index (χ1) is 6.76. The van der Waals surface area contributed by atoms with Gasteiger partial charge in [-0.2, -0.15) is 0 Å². The monoisotopic (exact) mass is 218 g/mol. The first-order valence-electron chi connectivity index (χ1n) is 4.15. The Bertz CT molecular complexity index is 302.